The Labute approximate surface area is 181 Å². The first-order chi connectivity index (χ1) is 15.1. The van der Waals surface area contributed by atoms with Gasteiger partial charge in [-0.1, -0.05) is 48.5 Å². The Bertz CT molecular complexity index is 1050. The summed E-state index contributed by atoms with van der Waals surface area (Å²) in [5, 5.41) is 2.73. The van der Waals surface area contributed by atoms with Crippen molar-refractivity contribution >= 4 is 17.5 Å². The highest BCUT2D eigenvalue weighted by atomic mass is 19.1. The highest BCUT2D eigenvalue weighted by Crippen LogP contribution is 2.19. The van der Waals surface area contributed by atoms with Gasteiger partial charge in [-0.2, -0.15) is 0 Å². The first kappa shape index (κ1) is 20.8. The molecule has 2 N–H and O–H groups in total. The second kappa shape index (κ2) is 9.53. The van der Waals surface area contributed by atoms with Gasteiger partial charge in [-0.3, -0.25) is 9.59 Å². The van der Waals surface area contributed by atoms with Crippen molar-refractivity contribution < 1.29 is 18.9 Å². The average Bonchev–Trinajstić information content (AvgIpc) is 2.80. The van der Waals surface area contributed by atoms with Crippen LogP contribution in [0.5, 0.6) is 0 Å². The lowest BCUT2D eigenvalue weighted by atomic mass is 10.0. The maximum atomic E-state index is 13.2. The van der Waals surface area contributed by atoms with Crippen LogP contribution in [0, 0.1) is 5.82 Å². The molecule has 0 aliphatic carbocycles. The molecule has 1 aliphatic rings. The second-order valence-electron chi connectivity index (χ2n) is 7.72. The maximum Gasteiger partial charge on any atom is 0.279 e. The van der Waals surface area contributed by atoms with Crippen molar-refractivity contribution in [3.63, 3.8) is 0 Å². The van der Waals surface area contributed by atoms with Crippen LogP contribution in [0.15, 0.2) is 78.9 Å². The molecular formula is C25H25FN3O2+. The minimum atomic E-state index is -0.380. The number of rotatable bonds is 5. The molecule has 0 spiro atoms. The second-order valence-corrected chi connectivity index (χ2v) is 7.72. The van der Waals surface area contributed by atoms with Gasteiger partial charge in [0.1, 0.15) is 5.82 Å². The number of amides is 2. The van der Waals surface area contributed by atoms with Crippen molar-refractivity contribution in [2.24, 2.45) is 0 Å². The van der Waals surface area contributed by atoms with E-state index in [1.807, 2.05) is 59.5 Å². The van der Waals surface area contributed by atoms with Gasteiger partial charge in [0, 0.05) is 11.3 Å². The number of carbonyl (C=O) groups excluding carboxylic acids is 2. The zero-order valence-corrected chi connectivity index (χ0v) is 17.2. The SMILES string of the molecule is O=C(C[NH+]1CCN(C(=O)c2ccc(-c3ccccc3)cc2)CC1)Nc1cccc(F)c1. The summed E-state index contributed by atoms with van der Waals surface area (Å²) >= 11 is 0. The molecule has 1 aliphatic heterocycles. The van der Waals surface area contributed by atoms with Gasteiger partial charge in [0.15, 0.2) is 6.54 Å². The summed E-state index contributed by atoms with van der Waals surface area (Å²) < 4.78 is 13.2. The van der Waals surface area contributed by atoms with Crippen LogP contribution in [0.2, 0.25) is 0 Å². The van der Waals surface area contributed by atoms with Crippen molar-refractivity contribution in [1.82, 2.24) is 4.90 Å². The van der Waals surface area contributed by atoms with Crippen molar-refractivity contribution in [3.8, 4) is 11.1 Å². The lowest BCUT2D eigenvalue weighted by Crippen LogP contribution is -3.15. The predicted octanol–water partition coefficient (Wildman–Crippen LogP) is 2.47. The molecule has 0 bridgehead atoms. The van der Waals surface area contributed by atoms with E-state index >= 15 is 0 Å². The summed E-state index contributed by atoms with van der Waals surface area (Å²) in [7, 11) is 0. The van der Waals surface area contributed by atoms with Gasteiger partial charge in [0.05, 0.1) is 26.2 Å². The lowest BCUT2D eigenvalue weighted by molar-refractivity contribution is -0.895. The number of hydrogen-bond donors (Lipinski definition) is 2. The number of benzene rings is 3. The zero-order chi connectivity index (χ0) is 21.6. The van der Waals surface area contributed by atoms with E-state index in [1.165, 1.54) is 12.1 Å². The van der Waals surface area contributed by atoms with E-state index in [2.05, 4.69) is 5.32 Å². The van der Waals surface area contributed by atoms with Crippen LogP contribution in [0.1, 0.15) is 10.4 Å². The number of halogens is 1. The molecular weight excluding hydrogens is 393 g/mol. The highest BCUT2D eigenvalue weighted by molar-refractivity contribution is 5.95. The minimum absolute atomic E-state index is 0.0165. The van der Waals surface area contributed by atoms with Gasteiger partial charge in [-0.25, -0.2) is 4.39 Å². The molecule has 158 valence electrons. The molecule has 0 unspecified atom stereocenters. The zero-order valence-electron chi connectivity index (χ0n) is 17.2. The molecule has 1 heterocycles. The third kappa shape index (κ3) is 5.35. The number of carbonyl (C=O) groups is 2. The monoisotopic (exact) mass is 418 g/mol. The average molecular weight is 418 g/mol. The number of hydrogen-bond acceptors (Lipinski definition) is 2. The quantitative estimate of drug-likeness (QED) is 0.669. The molecule has 6 heteroatoms. The fraction of sp³-hybridized carbons (Fsp3) is 0.200. The van der Waals surface area contributed by atoms with Crippen LogP contribution in [-0.4, -0.2) is 49.4 Å². The lowest BCUT2D eigenvalue weighted by Gasteiger charge is -2.32. The van der Waals surface area contributed by atoms with E-state index in [1.54, 1.807) is 12.1 Å². The van der Waals surface area contributed by atoms with Crippen LogP contribution in [0.3, 0.4) is 0 Å². The summed E-state index contributed by atoms with van der Waals surface area (Å²) in [6.45, 7) is 2.89. The highest BCUT2D eigenvalue weighted by Gasteiger charge is 2.26. The summed E-state index contributed by atoms with van der Waals surface area (Å²) in [6, 6.07) is 23.6. The molecule has 1 saturated heterocycles. The molecule has 4 rings (SSSR count). The Morgan fingerprint density at radius 2 is 1.55 bits per heavy atom. The molecule has 0 radical (unpaired) electrons. The molecule has 0 saturated carbocycles. The van der Waals surface area contributed by atoms with Gasteiger partial charge in [0.2, 0.25) is 0 Å². The van der Waals surface area contributed by atoms with E-state index in [0.717, 1.165) is 16.0 Å². The minimum Gasteiger partial charge on any atom is -0.327 e. The first-order valence-corrected chi connectivity index (χ1v) is 10.4. The third-order valence-corrected chi connectivity index (χ3v) is 5.52. The Morgan fingerprint density at radius 3 is 2.23 bits per heavy atom. The molecule has 3 aromatic carbocycles. The summed E-state index contributed by atoms with van der Waals surface area (Å²) in [5.41, 5.74) is 3.33. The third-order valence-electron chi connectivity index (χ3n) is 5.52. The summed E-state index contributed by atoms with van der Waals surface area (Å²) in [4.78, 5) is 28.0. The van der Waals surface area contributed by atoms with E-state index in [-0.39, 0.29) is 17.6 Å². The topological polar surface area (TPSA) is 53.9 Å². The van der Waals surface area contributed by atoms with Crippen LogP contribution < -0.4 is 10.2 Å². The van der Waals surface area contributed by atoms with Gasteiger partial charge in [-0.15, -0.1) is 0 Å². The van der Waals surface area contributed by atoms with Crippen molar-refractivity contribution in [1.29, 1.82) is 0 Å². The van der Waals surface area contributed by atoms with Gasteiger partial charge >= 0.3 is 0 Å². The molecule has 31 heavy (non-hydrogen) atoms. The summed E-state index contributed by atoms with van der Waals surface area (Å²) in [6.07, 6.45) is 0. The number of nitrogens with zero attached hydrogens (tertiary/aromatic N) is 1. The number of anilines is 1. The van der Waals surface area contributed by atoms with Gasteiger partial charge in [-0.05, 0) is 41.5 Å². The number of quaternary nitrogens is 1. The largest absolute Gasteiger partial charge is 0.327 e. The van der Waals surface area contributed by atoms with Crippen molar-refractivity contribution in [2.75, 3.05) is 38.0 Å². The first-order valence-electron chi connectivity index (χ1n) is 10.4. The van der Waals surface area contributed by atoms with Crippen LogP contribution in [0.25, 0.3) is 11.1 Å². The standard InChI is InChI=1S/C25H24FN3O2/c26-22-7-4-8-23(17-22)27-24(30)18-28-13-15-29(16-14-28)25(31)21-11-9-20(10-12-21)19-5-2-1-3-6-19/h1-12,17H,13-16,18H2,(H,27,30)/p+1. The normalized spacial score (nSPS) is 14.3. The maximum absolute atomic E-state index is 13.2. The van der Waals surface area contributed by atoms with Gasteiger partial charge in [0.25, 0.3) is 11.8 Å². The Hall–Kier alpha value is -3.51. The van der Waals surface area contributed by atoms with Crippen LogP contribution in [0.4, 0.5) is 10.1 Å². The molecule has 2 amide bonds. The van der Waals surface area contributed by atoms with E-state index in [9.17, 15) is 14.0 Å². The summed E-state index contributed by atoms with van der Waals surface area (Å²) in [5.74, 6) is -0.520. The predicted molar refractivity (Wildman–Crippen MR) is 118 cm³/mol. The van der Waals surface area contributed by atoms with E-state index < -0.39 is 0 Å². The Morgan fingerprint density at radius 1 is 0.871 bits per heavy atom. The number of nitrogens with one attached hydrogen (secondary N) is 2. The fourth-order valence-electron chi connectivity index (χ4n) is 3.82. The molecule has 5 nitrogen and oxygen atoms in total. The number of piperazine rings is 1. The van der Waals surface area contributed by atoms with Crippen molar-refractivity contribution in [2.45, 2.75) is 0 Å². The Balaban J connectivity index is 1.28. The molecule has 0 aromatic heterocycles. The Kier molecular flexibility index (Phi) is 6.38. The van der Waals surface area contributed by atoms with Crippen molar-refractivity contribution in [3.05, 3.63) is 90.2 Å². The molecule has 0 atom stereocenters. The van der Waals surface area contributed by atoms with Crippen LogP contribution >= 0.6 is 0 Å². The van der Waals surface area contributed by atoms with E-state index in [0.29, 0.717) is 44.0 Å². The van der Waals surface area contributed by atoms with Crippen LogP contribution in [-0.2, 0) is 4.79 Å². The molecule has 3 aromatic rings. The fourth-order valence-corrected chi connectivity index (χ4v) is 3.82. The van der Waals surface area contributed by atoms with Gasteiger partial charge < -0.3 is 15.1 Å². The van der Waals surface area contributed by atoms with E-state index in [4.69, 9.17) is 0 Å². The molecule has 1 fully saturated rings. The smallest absolute Gasteiger partial charge is 0.279 e.